The number of hydrogen-bond acceptors (Lipinski definition) is 2. The second kappa shape index (κ2) is 4.43. The van der Waals surface area contributed by atoms with Crippen LogP contribution in [-0.2, 0) is 6.42 Å². The minimum atomic E-state index is -0.400. The molecule has 3 unspecified atom stereocenters. The zero-order valence-corrected chi connectivity index (χ0v) is 10.3. The molecule has 0 amide bonds. The molecule has 0 aliphatic carbocycles. The number of benzene rings is 1. The first-order valence-electron chi connectivity index (χ1n) is 6.75. The van der Waals surface area contributed by atoms with Crippen molar-refractivity contribution >= 4 is 0 Å². The Balaban J connectivity index is 1.64. The Kier molecular flexibility index (Phi) is 2.93. The SMILES string of the molecule is OC1(CCc2ccccc2)CCN2CCC1C2. The standard InChI is InChI=1S/C15H21NO/c17-15(8-6-13-4-2-1-3-5-13)9-11-16-10-7-14(15)12-16/h1-5,14,17H,6-12H2. The average molecular weight is 231 g/mol. The van der Waals surface area contributed by atoms with Crippen LogP contribution in [0.1, 0.15) is 24.8 Å². The molecule has 0 radical (unpaired) electrons. The van der Waals surface area contributed by atoms with Crippen LogP contribution < -0.4 is 0 Å². The molecule has 2 heterocycles. The monoisotopic (exact) mass is 231 g/mol. The van der Waals surface area contributed by atoms with Gasteiger partial charge >= 0.3 is 0 Å². The Morgan fingerprint density at radius 2 is 2.06 bits per heavy atom. The molecule has 2 bridgehead atoms. The summed E-state index contributed by atoms with van der Waals surface area (Å²) in [7, 11) is 0. The molecule has 1 N–H and O–H groups in total. The van der Waals surface area contributed by atoms with Crippen LogP contribution in [0.5, 0.6) is 0 Å². The van der Waals surface area contributed by atoms with Crippen LogP contribution in [0.25, 0.3) is 0 Å². The topological polar surface area (TPSA) is 23.5 Å². The van der Waals surface area contributed by atoms with Crippen molar-refractivity contribution in [2.45, 2.75) is 31.3 Å². The number of aliphatic hydroxyl groups is 1. The molecule has 2 nitrogen and oxygen atoms in total. The smallest absolute Gasteiger partial charge is 0.0703 e. The van der Waals surface area contributed by atoms with Crippen LogP contribution in [0.4, 0.5) is 0 Å². The minimum Gasteiger partial charge on any atom is -0.389 e. The Bertz CT molecular complexity index is 378. The summed E-state index contributed by atoms with van der Waals surface area (Å²) in [4.78, 5) is 2.49. The van der Waals surface area contributed by atoms with E-state index in [2.05, 4.69) is 29.2 Å². The van der Waals surface area contributed by atoms with Gasteiger partial charge in [0.05, 0.1) is 5.60 Å². The fourth-order valence-corrected chi connectivity index (χ4v) is 3.36. The van der Waals surface area contributed by atoms with E-state index >= 15 is 0 Å². The van der Waals surface area contributed by atoms with Gasteiger partial charge in [-0.15, -0.1) is 0 Å². The van der Waals surface area contributed by atoms with E-state index in [-0.39, 0.29) is 0 Å². The lowest BCUT2D eigenvalue weighted by atomic mass is 9.78. The first-order valence-corrected chi connectivity index (χ1v) is 6.75. The average Bonchev–Trinajstić information content (AvgIpc) is 2.79. The molecule has 2 aliphatic heterocycles. The van der Waals surface area contributed by atoms with Crippen molar-refractivity contribution in [2.24, 2.45) is 5.92 Å². The van der Waals surface area contributed by atoms with E-state index in [1.54, 1.807) is 0 Å². The molecule has 0 aromatic heterocycles. The van der Waals surface area contributed by atoms with Gasteiger partial charge in [0, 0.05) is 19.0 Å². The molecule has 3 rings (SSSR count). The number of fused-ring (bicyclic) bond motifs is 2. The van der Waals surface area contributed by atoms with Crippen molar-refractivity contribution < 1.29 is 5.11 Å². The minimum absolute atomic E-state index is 0.400. The highest BCUT2D eigenvalue weighted by Gasteiger charge is 2.44. The second-order valence-electron chi connectivity index (χ2n) is 5.63. The number of rotatable bonds is 3. The Morgan fingerprint density at radius 3 is 2.88 bits per heavy atom. The zero-order chi connectivity index (χ0) is 11.7. The molecule has 3 atom stereocenters. The molecule has 17 heavy (non-hydrogen) atoms. The third-order valence-electron chi connectivity index (χ3n) is 4.58. The van der Waals surface area contributed by atoms with Gasteiger partial charge in [-0.2, -0.15) is 0 Å². The molecule has 0 spiro atoms. The Morgan fingerprint density at radius 1 is 1.24 bits per heavy atom. The van der Waals surface area contributed by atoms with Crippen molar-refractivity contribution in [3.05, 3.63) is 35.9 Å². The molecular weight excluding hydrogens is 210 g/mol. The first-order chi connectivity index (χ1) is 8.26. The zero-order valence-electron chi connectivity index (χ0n) is 10.3. The van der Waals surface area contributed by atoms with Crippen LogP contribution >= 0.6 is 0 Å². The molecule has 2 heteroatoms. The lowest BCUT2D eigenvalue weighted by molar-refractivity contribution is -0.0506. The van der Waals surface area contributed by atoms with Gasteiger partial charge in [0.1, 0.15) is 0 Å². The van der Waals surface area contributed by atoms with Gasteiger partial charge in [-0.05, 0) is 37.8 Å². The van der Waals surface area contributed by atoms with Crippen LogP contribution in [0.15, 0.2) is 30.3 Å². The van der Waals surface area contributed by atoms with E-state index in [4.69, 9.17) is 0 Å². The van der Waals surface area contributed by atoms with Crippen LogP contribution in [0.2, 0.25) is 0 Å². The van der Waals surface area contributed by atoms with E-state index < -0.39 is 5.60 Å². The van der Waals surface area contributed by atoms with Crippen molar-refractivity contribution in [1.29, 1.82) is 0 Å². The summed E-state index contributed by atoms with van der Waals surface area (Å²) in [5, 5.41) is 10.8. The van der Waals surface area contributed by atoms with E-state index in [0.29, 0.717) is 5.92 Å². The van der Waals surface area contributed by atoms with Gasteiger partial charge in [-0.3, -0.25) is 0 Å². The number of hydrogen-bond donors (Lipinski definition) is 1. The first kappa shape index (κ1) is 11.2. The maximum absolute atomic E-state index is 10.8. The summed E-state index contributed by atoms with van der Waals surface area (Å²) < 4.78 is 0. The van der Waals surface area contributed by atoms with E-state index in [0.717, 1.165) is 32.4 Å². The summed E-state index contributed by atoms with van der Waals surface area (Å²) in [6, 6.07) is 10.5. The van der Waals surface area contributed by atoms with Crippen molar-refractivity contribution in [3.8, 4) is 0 Å². The molecule has 1 aromatic rings. The van der Waals surface area contributed by atoms with Crippen molar-refractivity contribution in [3.63, 3.8) is 0 Å². The van der Waals surface area contributed by atoms with Gasteiger partial charge in [-0.25, -0.2) is 0 Å². The van der Waals surface area contributed by atoms with Crippen molar-refractivity contribution in [2.75, 3.05) is 19.6 Å². The predicted molar refractivity (Wildman–Crippen MR) is 68.9 cm³/mol. The maximum Gasteiger partial charge on any atom is 0.0703 e. The fraction of sp³-hybridized carbons (Fsp3) is 0.600. The fourth-order valence-electron chi connectivity index (χ4n) is 3.36. The van der Waals surface area contributed by atoms with Crippen LogP contribution in [0.3, 0.4) is 0 Å². The van der Waals surface area contributed by atoms with Crippen molar-refractivity contribution in [1.82, 2.24) is 4.90 Å². The highest BCUT2D eigenvalue weighted by molar-refractivity contribution is 5.15. The maximum atomic E-state index is 10.8. The van der Waals surface area contributed by atoms with E-state index in [1.165, 1.54) is 18.5 Å². The molecule has 0 saturated carbocycles. The molecule has 2 saturated heterocycles. The molecule has 2 fully saturated rings. The van der Waals surface area contributed by atoms with Gasteiger partial charge in [-0.1, -0.05) is 30.3 Å². The summed E-state index contributed by atoms with van der Waals surface area (Å²) in [5.41, 5.74) is 0.949. The number of piperidine rings is 1. The predicted octanol–water partition coefficient (Wildman–Crippen LogP) is 2.08. The van der Waals surface area contributed by atoms with E-state index in [9.17, 15) is 5.11 Å². The van der Waals surface area contributed by atoms with Gasteiger partial charge in [0.2, 0.25) is 0 Å². The van der Waals surface area contributed by atoms with Gasteiger partial charge < -0.3 is 10.0 Å². The summed E-state index contributed by atoms with van der Waals surface area (Å²) in [5.74, 6) is 0.514. The molecular formula is C15H21NO. The third-order valence-corrected chi connectivity index (χ3v) is 4.58. The summed E-state index contributed by atoms with van der Waals surface area (Å²) in [6.07, 6.45) is 4.08. The van der Waals surface area contributed by atoms with E-state index in [1.807, 2.05) is 6.07 Å². The van der Waals surface area contributed by atoms with Crippen LogP contribution in [0, 0.1) is 5.92 Å². The normalized spacial score (nSPS) is 36.1. The second-order valence-corrected chi connectivity index (χ2v) is 5.63. The quantitative estimate of drug-likeness (QED) is 0.861. The summed E-state index contributed by atoms with van der Waals surface area (Å²) >= 11 is 0. The number of nitrogens with zero attached hydrogens (tertiary/aromatic N) is 1. The third kappa shape index (κ3) is 2.24. The molecule has 92 valence electrons. The largest absolute Gasteiger partial charge is 0.389 e. The lowest BCUT2D eigenvalue weighted by Crippen LogP contribution is -2.46. The molecule has 1 aromatic carbocycles. The van der Waals surface area contributed by atoms with Gasteiger partial charge in [0.15, 0.2) is 0 Å². The number of aryl methyl sites for hydroxylation is 1. The highest BCUT2D eigenvalue weighted by Crippen LogP contribution is 2.38. The Labute approximate surface area is 103 Å². The lowest BCUT2D eigenvalue weighted by Gasteiger charge is -2.39. The van der Waals surface area contributed by atoms with Crippen LogP contribution in [-0.4, -0.2) is 35.2 Å². The Hall–Kier alpha value is -0.860. The van der Waals surface area contributed by atoms with Gasteiger partial charge in [0.25, 0.3) is 0 Å². The molecule has 2 aliphatic rings. The highest BCUT2D eigenvalue weighted by atomic mass is 16.3. The summed E-state index contributed by atoms with van der Waals surface area (Å²) in [6.45, 7) is 3.39.